The molecule has 5 nitrogen and oxygen atoms in total. The highest BCUT2D eigenvalue weighted by atomic mass is 19.4. The largest absolute Gasteiger partial charge is 0.449 e. The van der Waals surface area contributed by atoms with Crippen molar-refractivity contribution in [3.63, 3.8) is 0 Å². The molecule has 0 aromatic carbocycles. The smallest absolute Gasteiger partial charge is 0.335 e. The first-order valence-electron chi connectivity index (χ1n) is 7.52. The van der Waals surface area contributed by atoms with E-state index >= 15 is 0 Å². The van der Waals surface area contributed by atoms with Crippen LogP contribution in [0.4, 0.5) is 13.2 Å². The predicted octanol–water partition coefficient (Wildman–Crippen LogP) is 1.23. The van der Waals surface area contributed by atoms with Gasteiger partial charge in [0.2, 0.25) is 11.7 Å². The van der Waals surface area contributed by atoms with Crippen LogP contribution >= 0.6 is 0 Å². The molecular formula is C14H17F3N4O. The van der Waals surface area contributed by atoms with Crippen molar-refractivity contribution in [2.24, 2.45) is 23.5 Å². The van der Waals surface area contributed by atoms with Gasteiger partial charge in [-0.15, -0.1) is 0 Å². The van der Waals surface area contributed by atoms with Crippen molar-refractivity contribution in [2.45, 2.75) is 38.1 Å². The average Bonchev–Trinajstić information content (AvgIpc) is 3.01. The third-order valence-corrected chi connectivity index (χ3v) is 5.25. The zero-order chi connectivity index (χ0) is 15.6. The lowest BCUT2D eigenvalue weighted by atomic mass is 10.00. The topological polar surface area (TPSA) is 64.2 Å². The highest BCUT2D eigenvalue weighted by molar-refractivity contribution is 5.80. The summed E-state index contributed by atoms with van der Waals surface area (Å²) >= 11 is 0. The summed E-state index contributed by atoms with van der Waals surface area (Å²) in [5, 5.41) is 0. The van der Waals surface area contributed by atoms with Gasteiger partial charge in [0.1, 0.15) is 0 Å². The van der Waals surface area contributed by atoms with Gasteiger partial charge >= 0.3 is 6.18 Å². The van der Waals surface area contributed by atoms with Gasteiger partial charge in [0, 0.05) is 25.0 Å². The number of hydrogen-bond acceptors (Lipinski definition) is 3. The quantitative estimate of drug-likeness (QED) is 0.848. The molecule has 0 bridgehead atoms. The van der Waals surface area contributed by atoms with Gasteiger partial charge in [-0.25, -0.2) is 4.98 Å². The minimum Gasteiger partial charge on any atom is -0.335 e. The number of fused-ring (bicyclic) bond motifs is 2. The molecule has 120 valence electrons. The highest BCUT2D eigenvalue weighted by Gasteiger charge is 2.56. The lowest BCUT2D eigenvalue weighted by Gasteiger charge is -2.31. The molecule has 1 aromatic heterocycles. The first-order chi connectivity index (χ1) is 10.4. The standard InChI is InChI=1S/C14H17F3N4O/c15-14(16,17)13-19-5-7-6-20(1-2-21(7)13)12(22)10-4-11(18)9-3-8(9)10/h5,8-11H,1-4,6,18H2/t8-,9+,10-,11+/m0/s1. The van der Waals surface area contributed by atoms with Crippen LogP contribution in [0.2, 0.25) is 0 Å². The summed E-state index contributed by atoms with van der Waals surface area (Å²) in [7, 11) is 0. The van der Waals surface area contributed by atoms with Crippen LogP contribution in [0.5, 0.6) is 0 Å². The van der Waals surface area contributed by atoms with E-state index < -0.39 is 12.0 Å². The average molecular weight is 314 g/mol. The van der Waals surface area contributed by atoms with Gasteiger partial charge < -0.3 is 15.2 Å². The van der Waals surface area contributed by atoms with E-state index in [1.54, 1.807) is 4.90 Å². The summed E-state index contributed by atoms with van der Waals surface area (Å²) in [6, 6.07) is 0.103. The molecule has 4 rings (SSSR count). The Labute approximate surface area is 125 Å². The molecule has 2 N–H and O–H groups in total. The maximum Gasteiger partial charge on any atom is 0.449 e. The van der Waals surface area contributed by atoms with E-state index in [-0.39, 0.29) is 31.0 Å². The van der Waals surface area contributed by atoms with Crippen molar-refractivity contribution in [2.75, 3.05) is 6.54 Å². The molecule has 1 aromatic rings. The monoisotopic (exact) mass is 314 g/mol. The van der Waals surface area contributed by atoms with Crippen LogP contribution < -0.4 is 5.73 Å². The lowest BCUT2D eigenvalue weighted by molar-refractivity contribution is -0.148. The van der Waals surface area contributed by atoms with Crippen LogP contribution in [-0.2, 0) is 24.1 Å². The SMILES string of the molecule is N[C@@H]1C[C@H](C(=O)N2CCn3c(cnc3C(F)(F)F)C2)[C@H]2C[C@H]21. The second-order valence-corrected chi connectivity index (χ2v) is 6.55. The molecule has 0 spiro atoms. The van der Waals surface area contributed by atoms with Crippen LogP contribution in [0.3, 0.4) is 0 Å². The molecule has 0 saturated heterocycles. The molecule has 2 fully saturated rings. The number of nitrogens with zero attached hydrogens (tertiary/aromatic N) is 3. The van der Waals surface area contributed by atoms with Crippen molar-refractivity contribution in [1.82, 2.24) is 14.5 Å². The Kier molecular flexibility index (Phi) is 2.85. The van der Waals surface area contributed by atoms with Gasteiger partial charge in [0.25, 0.3) is 0 Å². The van der Waals surface area contributed by atoms with Gasteiger partial charge in [-0.3, -0.25) is 4.79 Å². The molecule has 22 heavy (non-hydrogen) atoms. The van der Waals surface area contributed by atoms with E-state index in [4.69, 9.17) is 5.73 Å². The van der Waals surface area contributed by atoms with E-state index in [1.807, 2.05) is 0 Å². The number of nitrogens with two attached hydrogens (primary N) is 1. The normalized spacial score (nSPS) is 33.5. The minimum atomic E-state index is -4.45. The maximum absolute atomic E-state index is 12.8. The molecule has 3 aliphatic rings. The molecule has 8 heteroatoms. The van der Waals surface area contributed by atoms with E-state index in [0.717, 1.165) is 6.42 Å². The number of carbonyl (C=O) groups is 1. The Bertz CT molecular complexity index is 626. The number of carbonyl (C=O) groups excluding carboxylic acids is 1. The van der Waals surface area contributed by atoms with Crippen LogP contribution in [-0.4, -0.2) is 32.9 Å². The molecule has 1 aliphatic heterocycles. The molecular weight excluding hydrogens is 297 g/mol. The minimum absolute atomic E-state index is 0.0430. The van der Waals surface area contributed by atoms with Gasteiger partial charge in [0.05, 0.1) is 18.4 Å². The molecule has 2 heterocycles. The molecule has 0 radical (unpaired) electrons. The van der Waals surface area contributed by atoms with Crippen molar-refractivity contribution in [3.8, 4) is 0 Å². The van der Waals surface area contributed by atoms with Gasteiger partial charge in [-0.1, -0.05) is 0 Å². The second-order valence-electron chi connectivity index (χ2n) is 6.55. The first kappa shape index (κ1) is 14.0. The third-order valence-electron chi connectivity index (χ3n) is 5.25. The van der Waals surface area contributed by atoms with Crippen LogP contribution in [0.1, 0.15) is 24.4 Å². The second kappa shape index (κ2) is 4.47. The first-order valence-corrected chi connectivity index (χ1v) is 7.52. The van der Waals surface area contributed by atoms with Crippen molar-refractivity contribution in [1.29, 1.82) is 0 Å². The number of rotatable bonds is 1. The number of aromatic nitrogens is 2. The van der Waals surface area contributed by atoms with E-state index in [9.17, 15) is 18.0 Å². The van der Waals surface area contributed by atoms with E-state index in [2.05, 4.69) is 4.98 Å². The van der Waals surface area contributed by atoms with E-state index in [0.29, 0.717) is 30.5 Å². The van der Waals surface area contributed by atoms with Gasteiger partial charge in [-0.05, 0) is 24.7 Å². The molecule has 1 amide bonds. The van der Waals surface area contributed by atoms with Crippen LogP contribution in [0.25, 0.3) is 0 Å². The molecule has 4 atom stereocenters. The summed E-state index contributed by atoms with van der Waals surface area (Å²) < 4.78 is 39.7. The number of alkyl halides is 3. The molecule has 2 saturated carbocycles. The summed E-state index contributed by atoms with van der Waals surface area (Å²) in [5.41, 5.74) is 6.44. The predicted molar refractivity (Wildman–Crippen MR) is 70.3 cm³/mol. The Hall–Kier alpha value is -1.57. The van der Waals surface area contributed by atoms with Crippen molar-refractivity contribution < 1.29 is 18.0 Å². The Morgan fingerprint density at radius 3 is 2.64 bits per heavy atom. The maximum atomic E-state index is 12.8. The summed E-state index contributed by atoms with van der Waals surface area (Å²) in [6.45, 7) is 0.641. The highest BCUT2D eigenvalue weighted by Crippen LogP contribution is 2.55. The zero-order valence-electron chi connectivity index (χ0n) is 11.9. The van der Waals surface area contributed by atoms with Gasteiger partial charge in [0.15, 0.2) is 0 Å². The lowest BCUT2D eigenvalue weighted by Crippen LogP contribution is -2.42. The summed E-state index contributed by atoms with van der Waals surface area (Å²) in [4.78, 5) is 17.8. The fourth-order valence-electron chi connectivity index (χ4n) is 4.05. The molecule has 2 aliphatic carbocycles. The number of amides is 1. The number of imidazole rings is 1. The summed E-state index contributed by atoms with van der Waals surface area (Å²) in [6.07, 6.45) is -1.51. The fraction of sp³-hybridized carbons (Fsp3) is 0.714. The van der Waals surface area contributed by atoms with Crippen molar-refractivity contribution >= 4 is 5.91 Å². The van der Waals surface area contributed by atoms with E-state index in [1.165, 1.54) is 10.8 Å². The van der Waals surface area contributed by atoms with Crippen molar-refractivity contribution in [3.05, 3.63) is 17.7 Å². The third kappa shape index (κ3) is 2.04. The number of halogens is 3. The van der Waals surface area contributed by atoms with Gasteiger partial charge in [-0.2, -0.15) is 13.2 Å². The summed E-state index contributed by atoms with van der Waals surface area (Å²) in [5.74, 6) is -0.0149. The van der Waals surface area contributed by atoms with Crippen LogP contribution in [0.15, 0.2) is 6.20 Å². The molecule has 0 unspecified atom stereocenters. The fourth-order valence-corrected chi connectivity index (χ4v) is 4.05. The number of hydrogen-bond donors (Lipinski definition) is 1. The zero-order valence-corrected chi connectivity index (χ0v) is 11.9. The Balaban J connectivity index is 1.51. The van der Waals surface area contributed by atoms with Crippen LogP contribution in [0, 0.1) is 17.8 Å². The Morgan fingerprint density at radius 1 is 1.27 bits per heavy atom. The Morgan fingerprint density at radius 2 is 2.05 bits per heavy atom.